The van der Waals surface area contributed by atoms with Crippen molar-refractivity contribution < 1.29 is 18.7 Å². The van der Waals surface area contributed by atoms with E-state index in [1.165, 1.54) is 0 Å². The lowest BCUT2D eigenvalue weighted by molar-refractivity contribution is 0.0929. The Hall–Kier alpha value is -2.80. The Kier molecular flexibility index (Phi) is 6.36. The Balaban J connectivity index is 1.66. The van der Waals surface area contributed by atoms with Gasteiger partial charge in [0.25, 0.3) is 0 Å². The Labute approximate surface area is 171 Å². The summed E-state index contributed by atoms with van der Waals surface area (Å²) in [6, 6.07) is 12.7. The van der Waals surface area contributed by atoms with E-state index in [4.69, 9.17) is 13.9 Å². The van der Waals surface area contributed by atoms with Crippen molar-refractivity contribution in [2.75, 3.05) is 13.7 Å². The Morgan fingerprint density at radius 2 is 2.07 bits per heavy atom. The summed E-state index contributed by atoms with van der Waals surface area (Å²) >= 11 is 3.49. The van der Waals surface area contributed by atoms with Crippen LogP contribution in [0.5, 0.6) is 11.5 Å². The number of hydrogen-bond acceptors (Lipinski definition) is 5. The molecule has 6 nitrogen and oxygen atoms in total. The third-order valence-corrected chi connectivity index (χ3v) is 4.48. The van der Waals surface area contributed by atoms with Gasteiger partial charge in [0.1, 0.15) is 5.75 Å². The molecule has 0 radical (unpaired) electrons. The van der Waals surface area contributed by atoms with Crippen LogP contribution in [0.15, 0.2) is 56.5 Å². The zero-order chi connectivity index (χ0) is 20.1. The number of furan rings is 1. The average Bonchev–Trinajstić information content (AvgIpc) is 3.11. The van der Waals surface area contributed by atoms with Gasteiger partial charge in [0.2, 0.25) is 0 Å². The number of carbonyl (C=O) groups excluding carboxylic acids is 1. The minimum Gasteiger partial charge on any atom is -0.493 e. The monoisotopic (exact) mass is 444 g/mol. The van der Waals surface area contributed by atoms with Crippen LogP contribution in [-0.4, -0.2) is 25.8 Å². The van der Waals surface area contributed by atoms with Crippen LogP contribution in [0.3, 0.4) is 0 Å². The van der Waals surface area contributed by atoms with E-state index in [1.54, 1.807) is 25.5 Å². The molecule has 1 aromatic heterocycles. The molecule has 0 fully saturated rings. The van der Waals surface area contributed by atoms with Crippen molar-refractivity contribution in [2.24, 2.45) is 11.0 Å². The number of amides is 1. The summed E-state index contributed by atoms with van der Waals surface area (Å²) < 4.78 is 17.4. The van der Waals surface area contributed by atoms with Crippen molar-refractivity contribution in [3.05, 3.63) is 58.3 Å². The number of carbonyl (C=O) groups is 1. The molecule has 1 amide bonds. The number of hydrazone groups is 1. The first kappa shape index (κ1) is 19.9. The van der Waals surface area contributed by atoms with Crippen LogP contribution in [-0.2, 0) is 0 Å². The van der Waals surface area contributed by atoms with Crippen molar-refractivity contribution >= 4 is 39.0 Å². The van der Waals surface area contributed by atoms with Gasteiger partial charge in [-0.25, -0.2) is 5.43 Å². The topological polar surface area (TPSA) is 73.1 Å². The Morgan fingerprint density at radius 3 is 2.79 bits per heavy atom. The molecule has 0 saturated carbocycles. The summed E-state index contributed by atoms with van der Waals surface area (Å²) in [5.74, 6) is 1.51. The minimum absolute atomic E-state index is 0.162. The maximum absolute atomic E-state index is 12.3. The van der Waals surface area contributed by atoms with Crippen molar-refractivity contribution in [2.45, 2.75) is 13.8 Å². The molecule has 0 atom stereocenters. The van der Waals surface area contributed by atoms with E-state index in [1.807, 2.05) is 30.3 Å². The van der Waals surface area contributed by atoms with Crippen molar-refractivity contribution in [1.82, 2.24) is 5.43 Å². The molecule has 3 rings (SSSR count). The second kappa shape index (κ2) is 8.93. The second-order valence-electron chi connectivity index (χ2n) is 6.58. The lowest BCUT2D eigenvalue weighted by atomic mass is 10.2. The number of nitrogens with zero attached hydrogens (tertiary/aromatic N) is 1. The van der Waals surface area contributed by atoms with Gasteiger partial charge in [-0.2, -0.15) is 5.10 Å². The van der Waals surface area contributed by atoms with Gasteiger partial charge in [0.05, 0.1) is 24.4 Å². The molecular weight excluding hydrogens is 424 g/mol. The molecule has 1 heterocycles. The van der Waals surface area contributed by atoms with Crippen molar-refractivity contribution in [3.63, 3.8) is 0 Å². The molecule has 0 spiro atoms. The molecule has 0 unspecified atom stereocenters. The van der Waals surface area contributed by atoms with Gasteiger partial charge in [-0.3, -0.25) is 4.79 Å². The van der Waals surface area contributed by atoms with Crippen molar-refractivity contribution in [1.29, 1.82) is 0 Å². The molecular formula is C21H21BrN2O4. The SMILES string of the molecule is COc1cccc2cc(C(=O)N/N=C\c3ccc(OCC(C)C)c(Br)c3)oc12. The maximum atomic E-state index is 12.3. The summed E-state index contributed by atoms with van der Waals surface area (Å²) in [6.07, 6.45) is 1.55. The van der Waals surface area contributed by atoms with Crippen LogP contribution < -0.4 is 14.9 Å². The maximum Gasteiger partial charge on any atom is 0.307 e. The van der Waals surface area contributed by atoms with Gasteiger partial charge in [-0.15, -0.1) is 0 Å². The van der Waals surface area contributed by atoms with Crippen LogP contribution in [0.25, 0.3) is 11.0 Å². The predicted molar refractivity (Wildman–Crippen MR) is 112 cm³/mol. The summed E-state index contributed by atoms with van der Waals surface area (Å²) in [5.41, 5.74) is 3.81. The van der Waals surface area contributed by atoms with Crippen LogP contribution in [0, 0.1) is 5.92 Å². The molecule has 0 aliphatic rings. The van der Waals surface area contributed by atoms with Crippen LogP contribution in [0.2, 0.25) is 0 Å². The summed E-state index contributed by atoms with van der Waals surface area (Å²) in [7, 11) is 1.55. The first-order chi connectivity index (χ1) is 13.5. The lowest BCUT2D eigenvalue weighted by Gasteiger charge is -2.10. The van der Waals surface area contributed by atoms with E-state index < -0.39 is 5.91 Å². The zero-order valence-corrected chi connectivity index (χ0v) is 17.4. The largest absolute Gasteiger partial charge is 0.493 e. The highest BCUT2D eigenvalue weighted by molar-refractivity contribution is 9.10. The van der Waals surface area contributed by atoms with E-state index in [0.29, 0.717) is 23.9 Å². The first-order valence-electron chi connectivity index (χ1n) is 8.80. The fraction of sp³-hybridized carbons (Fsp3) is 0.238. The smallest absolute Gasteiger partial charge is 0.307 e. The highest BCUT2D eigenvalue weighted by atomic mass is 79.9. The third-order valence-electron chi connectivity index (χ3n) is 3.86. The first-order valence-corrected chi connectivity index (χ1v) is 9.59. The highest BCUT2D eigenvalue weighted by Crippen LogP contribution is 2.28. The normalized spacial score (nSPS) is 11.3. The molecule has 1 N–H and O–H groups in total. The molecule has 3 aromatic rings. The third kappa shape index (κ3) is 4.72. The number of rotatable bonds is 7. The Bertz CT molecular complexity index is 1010. The van der Waals surface area contributed by atoms with Crippen LogP contribution >= 0.6 is 15.9 Å². The second-order valence-corrected chi connectivity index (χ2v) is 7.44. The minimum atomic E-state index is -0.439. The molecule has 0 aliphatic heterocycles. The predicted octanol–water partition coefficient (Wildman–Crippen LogP) is 5.00. The molecule has 146 valence electrons. The van der Waals surface area contributed by atoms with Gasteiger partial charge >= 0.3 is 5.91 Å². The highest BCUT2D eigenvalue weighted by Gasteiger charge is 2.14. The van der Waals surface area contributed by atoms with Crippen molar-refractivity contribution in [3.8, 4) is 11.5 Å². The lowest BCUT2D eigenvalue weighted by Crippen LogP contribution is -2.16. The fourth-order valence-electron chi connectivity index (χ4n) is 2.50. The van der Waals surface area contributed by atoms with Crippen LogP contribution in [0.1, 0.15) is 30.0 Å². The van der Waals surface area contributed by atoms with Gasteiger partial charge in [-0.1, -0.05) is 26.0 Å². The van der Waals surface area contributed by atoms with E-state index in [-0.39, 0.29) is 5.76 Å². The van der Waals surface area contributed by atoms with E-state index in [9.17, 15) is 4.79 Å². The number of fused-ring (bicyclic) bond motifs is 1. The molecule has 0 saturated heterocycles. The summed E-state index contributed by atoms with van der Waals surface area (Å²) in [5, 5.41) is 4.78. The molecule has 28 heavy (non-hydrogen) atoms. The Morgan fingerprint density at radius 1 is 1.25 bits per heavy atom. The molecule has 2 aromatic carbocycles. The average molecular weight is 445 g/mol. The number of para-hydroxylation sites is 1. The number of halogens is 1. The van der Waals surface area contributed by atoms with E-state index >= 15 is 0 Å². The molecule has 0 aliphatic carbocycles. The van der Waals surface area contributed by atoms with Gasteiger partial charge < -0.3 is 13.9 Å². The quantitative estimate of drug-likeness (QED) is 0.410. The van der Waals surface area contributed by atoms with Gasteiger partial charge in [0, 0.05) is 5.39 Å². The fourth-order valence-corrected chi connectivity index (χ4v) is 3.01. The molecule has 7 heteroatoms. The summed E-state index contributed by atoms with van der Waals surface area (Å²) in [6.45, 7) is 4.83. The standard InChI is InChI=1S/C21H21BrN2O4/c1-13(2)12-27-17-8-7-14(9-16(17)22)11-23-24-21(25)19-10-15-5-4-6-18(26-3)20(15)28-19/h4-11,13H,12H2,1-3H3,(H,24,25)/b23-11-. The van der Waals surface area contributed by atoms with E-state index in [0.717, 1.165) is 21.2 Å². The number of benzene rings is 2. The number of methoxy groups -OCH3 is 1. The number of ether oxygens (including phenoxy) is 2. The zero-order valence-electron chi connectivity index (χ0n) is 15.9. The van der Waals surface area contributed by atoms with Gasteiger partial charge in [-0.05, 0) is 57.7 Å². The molecule has 0 bridgehead atoms. The van der Waals surface area contributed by atoms with Gasteiger partial charge in [0.15, 0.2) is 17.1 Å². The summed E-state index contributed by atoms with van der Waals surface area (Å²) in [4.78, 5) is 12.3. The number of nitrogens with one attached hydrogen (secondary N) is 1. The van der Waals surface area contributed by atoms with E-state index in [2.05, 4.69) is 40.3 Å². The van der Waals surface area contributed by atoms with Crippen LogP contribution in [0.4, 0.5) is 0 Å². The number of hydrogen-bond donors (Lipinski definition) is 1.